The molecule has 0 aliphatic carbocycles. The van der Waals surface area contributed by atoms with Gasteiger partial charge in [-0.2, -0.15) is 5.21 Å². The third kappa shape index (κ3) is 2.91. The molecule has 1 N–H and O–H groups in total. The summed E-state index contributed by atoms with van der Waals surface area (Å²) in [6.07, 6.45) is 0. The van der Waals surface area contributed by atoms with E-state index in [2.05, 4.69) is 25.5 Å². The second-order valence-corrected chi connectivity index (χ2v) is 2.72. The van der Waals surface area contributed by atoms with E-state index >= 15 is 0 Å². The van der Waals surface area contributed by atoms with Gasteiger partial charge in [-0.25, -0.2) is 0 Å². The van der Waals surface area contributed by atoms with Gasteiger partial charge in [-0.1, -0.05) is 5.21 Å². The van der Waals surface area contributed by atoms with Crippen molar-refractivity contribution in [3.63, 3.8) is 0 Å². The number of aromatic nitrogens is 4. The summed E-state index contributed by atoms with van der Waals surface area (Å²) < 4.78 is 5.21. The molecule has 0 saturated carbocycles. The molecule has 1 aliphatic rings. The number of ether oxygens (including phenoxy) is 1. The first-order valence-corrected chi connectivity index (χ1v) is 3.97. The summed E-state index contributed by atoms with van der Waals surface area (Å²) in [5.74, 6) is 0.747. The zero-order valence-electron chi connectivity index (χ0n) is 7.14. The summed E-state index contributed by atoms with van der Waals surface area (Å²) in [5.41, 5.74) is 0. The van der Waals surface area contributed by atoms with Gasteiger partial charge < -0.3 is 4.74 Å². The molecule has 1 aromatic rings. The second kappa shape index (κ2) is 5.11. The normalized spacial score (nSPS) is 18.2. The van der Waals surface area contributed by atoms with E-state index < -0.39 is 0 Å². The fraction of sp³-hybridized carbons (Fsp3) is 0.833. The van der Waals surface area contributed by atoms with E-state index in [-0.39, 0.29) is 12.4 Å². The topological polar surface area (TPSA) is 66.9 Å². The van der Waals surface area contributed by atoms with E-state index in [4.69, 9.17) is 4.74 Å². The van der Waals surface area contributed by atoms with Crippen LogP contribution in [0.1, 0.15) is 5.82 Å². The number of tetrazole rings is 1. The highest BCUT2D eigenvalue weighted by molar-refractivity contribution is 5.85. The summed E-state index contributed by atoms with van der Waals surface area (Å²) in [5, 5.41) is 13.7. The van der Waals surface area contributed by atoms with E-state index in [0.29, 0.717) is 0 Å². The first-order valence-electron chi connectivity index (χ1n) is 3.97. The van der Waals surface area contributed by atoms with Crippen molar-refractivity contribution in [2.75, 3.05) is 26.3 Å². The molecular formula is C6H12ClN5O. The Morgan fingerprint density at radius 2 is 2.15 bits per heavy atom. The van der Waals surface area contributed by atoms with E-state index in [9.17, 15) is 0 Å². The molecule has 0 aromatic carbocycles. The van der Waals surface area contributed by atoms with E-state index in [0.717, 1.165) is 38.7 Å². The number of hydrogen-bond acceptors (Lipinski definition) is 5. The van der Waals surface area contributed by atoms with Gasteiger partial charge in [-0.15, -0.1) is 22.6 Å². The Morgan fingerprint density at radius 1 is 1.38 bits per heavy atom. The first-order chi connectivity index (χ1) is 5.95. The van der Waals surface area contributed by atoms with Crippen LogP contribution in [0.3, 0.4) is 0 Å². The fourth-order valence-electron chi connectivity index (χ4n) is 1.21. The van der Waals surface area contributed by atoms with Crippen molar-refractivity contribution < 1.29 is 4.74 Å². The van der Waals surface area contributed by atoms with Crippen LogP contribution in [0.4, 0.5) is 0 Å². The number of morpholine rings is 1. The van der Waals surface area contributed by atoms with E-state index in [1.807, 2.05) is 0 Å². The molecule has 0 bridgehead atoms. The minimum Gasteiger partial charge on any atom is -0.379 e. The SMILES string of the molecule is C1CN(Cc2nn[nH]n2)CCO1.Cl. The third-order valence-corrected chi connectivity index (χ3v) is 1.86. The number of halogens is 1. The predicted molar refractivity (Wildman–Crippen MR) is 47.5 cm³/mol. The molecule has 0 amide bonds. The number of rotatable bonds is 2. The van der Waals surface area contributed by atoms with Gasteiger partial charge in [-0.3, -0.25) is 4.90 Å². The molecule has 6 nitrogen and oxygen atoms in total. The Hall–Kier alpha value is -0.720. The molecule has 1 aliphatic heterocycles. The highest BCUT2D eigenvalue weighted by Crippen LogP contribution is 2.00. The molecule has 1 fully saturated rings. The van der Waals surface area contributed by atoms with Gasteiger partial charge in [0.1, 0.15) is 0 Å². The second-order valence-electron chi connectivity index (χ2n) is 2.72. The smallest absolute Gasteiger partial charge is 0.188 e. The molecule has 0 spiro atoms. The number of hydrogen-bond donors (Lipinski definition) is 1. The van der Waals surface area contributed by atoms with E-state index in [1.165, 1.54) is 0 Å². The van der Waals surface area contributed by atoms with Crippen LogP contribution in [-0.2, 0) is 11.3 Å². The van der Waals surface area contributed by atoms with Crippen LogP contribution >= 0.6 is 12.4 Å². The van der Waals surface area contributed by atoms with Gasteiger partial charge in [0, 0.05) is 13.1 Å². The van der Waals surface area contributed by atoms with Crippen molar-refractivity contribution >= 4 is 12.4 Å². The maximum atomic E-state index is 5.21. The van der Waals surface area contributed by atoms with Gasteiger partial charge in [0.25, 0.3) is 0 Å². The van der Waals surface area contributed by atoms with Crippen LogP contribution in [0.2, 0.25) is 0 Å². The minimum atomic E-state index is 0. The number of nitrogens with one attached hydrogen (secondary N) is 1. The van der Waals surface area contributed by atoms with Gasteiger partial charge in [-0.05, 0) is 0 Å². The van der Waals surface area contributed by atoms with Crippen molar-refractivity contribution in [3.8, 4) is 0 Å². The number of aromatic amines is 1. The van der Waals surface area contributed by atoms with Crippen LogP contribution in [0.15, 0.2) is 0 Å². The first kappa shape index (κ1) is 10.4. The summed E-state index contributed by atoms with van der Waals surface area (Å²) in [4.78, 5) is 2.24. The lowest BCUT2D eigenvalue weighted by Gasteiger charge is -2.24. The Balaban J connectivity index is 0.000000845. The van der Waals surface area contributed by atoms with Gasteiger partial charge in [0.2, 0.25) is 0 Å². The van der Waals surface area contributed by atoms with Gasteiger partial charge in [0.05, 0.1) is 19.8 Å². The summed E-state index contributed by atoms with van der Waals surface area (Å²) in [6.45, 7) is 4.28. The molecule has 13 heavy (non-hydrogen) atoms. The van der Waals surface area contributed by atoms with Crippen LogP contribution in [0, 0.1) is 0 Å². The molecule has 2 heterocycles. The quantitative estimate of drug-likeness (QED) is 0.702. The number of H-pyrrole nitrogens is 1. The summed E-state index contributed by atoms with van der Waals surface area (Å²) >= 11 is 0. The van der Waals surface area contributed by atoms with Gasteiger partial charge in [0.15, 0.2) is 5.82 Å². The Morgan fingerprint density at radius 3 is 2.77 bits per heavy atom. The van der Waals surface area contributed by atoms with Crippen molar-refractivity contribution in [3.05, 3.63) is 5.82 Å². The van der Waals surface area contributed by atoms with Crippen molar-refractivity contribution in [2.24, 2.45) is 0 Å². The Labute approximate surface area is 82.1 Å². The fourth-order valence-corrected chi connectivity index (χ4v) is 1.21. The molecule has 1 saturated heterocycles. The summed E-state index contributed by atoms with van der Waals surface area (Å²) in [6, 6.07) is 0. The van der Waals surface area contributed by atoms with Crippen molar-refractivity contribution in [1.82, 2.24) is 25.5 Å². The van der Waals surface area contributed by atoms with E-state index in [1.54, 1.807) is 0 Å². The zero-order chi connectivity index (χ0) is 8.23. The average molecular weight is 206 g/mol. The monoisotopic (exact) mass is 205 g/mol. The standard InChI is InChI=1S/C6H11N5O.ClH/c1-3-12-4-2-11(1)5-6-7-9-10-8-6;/h1-5H2,(H,7,8,9,10);1H. The van der Waals surface area contributed by atoms with Gasteiger partial charge >= 0.3 is 0 Å². The molecule has 1 aromatic heterocycles. The van der Waals surface area contributed by atoms with Crippen molar-refractivity contribution in [2.45, 2.75) is 6.54 Å². The minimum absolute atomic E-state index is 0. The highest BCUT2D eigenvalue weighted by atomic mass is 35.5. The highest BCUT2D eigenvalue weighted by Gasteiger charge is 2.12. The Kier molecular flexibility index (Phi) is 4.07. The lowest BCUT2D eigenvalue weighted by Crippen LogP contribution is -2.35. The summed E-state index contributed by atoms with van der Waals surface area (Å²) in [7, 11) is 0. The zero-order valence-corrected chi connectivity index (χ0v) is 7.96. The molecule has 0 radical (unpaired) electrons. The van der Waals surface area contributed by atoms with Crippen LogP contribution in [0.25, 0.3) is 0 Å². The molecule has 0 atom stereocenters. The molecule has 7 heteroatoms. The predicted octanol–water partition coefficient (Wildman–Crippen LogP) is -0.546. The molecule has 0 unspecified atom stereocenters. The maximum Gasteiger partial charge on any atom is 0.188 e. The van der Waals surface area contributed by atoms with Crippen molar-refractivity contribution in [1.29, 1.82) is 0 Å². The maximum absolute atomic E-state index is 5.21. The average Bonchev–Trinajstić information content (AvgIpc) is 2.59. The third-order valence-electron chi connectivity index (χ3n) is 1.86. The number of nitrogens with zero attached hydrogens (tertiary/aromatic N) is 4. The lowest BCUT2D eigenvalue weighted by molar-refractivity contribution is 0.0330. The van der Waals surface area contributed by atoms with Crippen LogP contribution in [0.5, 0.6) is 0 Å². The lowest BCUT2D eigenvalue weighted by atomic mass is 10.4. The van der Waals surface area contributed by atoms with Crippen LogP contribution in [-0.4, -0.2) is 51.8 Å². The Bertz CT molecular complexity index is 223. The van der Waals surface area contributed by atoms with Crippen LogP contribution < -0.4 is 0 Å². The largest absolute Gasteiger partial charge is 0.379 e. The molecule has 2 rings (SSSR count). The molecular weight excluding hydrogens is 194 g/mol. The molecule has 74 valence electrons.